The maximum atomic E-state index is 13.0. The van der Waals surface area contributed by atoms with E-state index in [9.17, 15) is 13.2 Å². The number of carbonyl (C=O) groups is 1. The van der Waals surface area contributed by atoms with Crippen LogP contribution < -0.4 is 10.0 Å². The van der Waals surface area contributed by atoms with Gasteiger partial charge in [-0.05, 0) is 48.2 Å². The Balaban J connectivity index is 1.46. The molecule has 33 heavy (non-hydrogen) atoms. The van der Waals surface area contributed by atoms with E-state index in [1.807, 2.05) is 31.2 Å². The Morgan fingerprint density at radius 2 is 1.76 bits per heavy atom. The van der Waals surface area contributed by atoms with Crippen molar-refractivity contribution in [2.75, 3.05) is 37.6 Å². The summed E-state index contributed by atoms with van der Waals surface area (Å²) in [5, 5.41) is 4.86. The van der Waals surface area contributed by atoms with Crippen LogP contribution in [0.3, 0.4) is 0 Å². The van der Waals surface area contributed by atoms with Crippen LogP contribution in [-0.2, 0) is 14.8 Å². The van der Waals surface area contributed by atoms with E-state index in [1.165, 1.54) is 0 Å². The average Bonchev–Trinajstić information content (AvgIpc) is 3.36. The Kier molecular flexibility index (Phi) is 7.44. The number of amides is 1. The zero-order valence-electron chi connectivity index (χ0n) is 18.4. The molecule has 174 valence electrons. The Bertz CT molecular complexity index is 1160. The van der Waals surface area contributed by atoms with Crippen LogP contribution in [0.25, 0.3) is 0 Å². The van der Waals surface area contributed by atoms with Crippen LogP contribution in [0, 0.1) is 6.92 Å². The summed E-state index contributed by atoms with van der Waals surface area (Å²) in [6.45, 7) is 5.77. The molecule has 1 fully saturated rings. The van der Waals surface area contributed by atoms with Gasteiger partial charge in [0.05, 0.1) is 19.3 Å². The van der Waals surface area contributed by atoms with Crippen molar-refractivity contribution < 1.29 is 17.9 Å². The van der Waals surface area contributed by atoms with Crippen LogP contribution in [0.4, 0.5) is 5.69 Å². The molecule has 2 heterocycles. The molecular weight excluding hydrogens is 458 g/mol. The number of morpholine rings is 1. The van der Waals surface area contributed by atoms with E-state index in [0.29, 0.717) is 31.0 Å². The predicted octanol–water partition coefficient (Wildman–Crippen LogP) is 3.66. The number of sulfonamides is 1. The molecule has 0 spiro atoms. The highest BCUT2D eigenvalue weighted by Gasteiger charge is 2.21. The monoisotopic (exact) mass is 485 g/mol. The van der Waals surface area contributed by atoms with Crippen LogP contribution in [0.15, 0.2) is 70.3 Å². The molecule has 0 aliphatic carbocycles. The van der Waals surface area contributed by atoms with Gasteiger partial charge in [0.15, 0.2) is 0 Å². The normalized spacial score (nSPS) is 15.7. The summed E-state index contributed by atoms with van der Waals surface area (Å²) in [5.41, 5.74) is 3.08. The topological polar surface area (TPSA) is 87.7 Å². The molecule has 1 atom stereocenters. The van der Waals surface area contributed by atoms with Crippen molar-refractivity contribution in [3.05, 3.63) is 82.7 Å². The van der Waals surface area contributed by atoms with Gasteiger partial charge in [-0.1, -0.05) is 35.9 Å². The molecule has 1 unspecified atom stereocenters. The summed E-state index contributed by atoms with van der Waals surface area (Å²) < 4.78 is 33.0. The van der Waals surface area contributed by atoms with Gasteiger partial charge in [0.1, 0.15) is 4.21 Å². The number of anilines is 1. The minimum Gasteiger partial charge on any atom is -0.379 e. The Morgan fingerprint density at radius 1 is 1.06 bits per heavy atom. The largest absolute Gasteiger partial charge is 0.379 e. The number of thiophene rings is 1. The third-order valence-electron chi connectivity index (χ3n) is 5.49. The second-order valence-corrected chi connectivity index (χ2v) is 10.8. The van der Waals surface area contributed by atoms with Crippen LogP contribution in [0.2, 0.25) is 0 Å². The van der Waals surface area contributed by atoms with E-state index in [-0.39, 0.29) is 16.2 Å². The number of hydrogen-bond acceptors (Lipinski definition) is 6. The van der Waals surface area contributed by atoms with Gasteiger partial charge in [-0.25, -0.2) is 8.42 Å². The third kappa shape index (κ3) is 6.20. The van der Waals surface area contributed by atoms with Crippen molar-refractivity contribution in [3.8, 4) is 0 Å². The van der Waals surface area contributed by atoms with Crippen molar-refractivity contribution in [2.24, 2.45) is 0 Å². The molecule has 3 aromatic rings. The number of aryl methyl sites for hydroxylation is 1. The first-order valence-electron chi connectivity index (χ1n) is 10.7. The molecule has 1 aliphatic heterocycles. The summed E-state index contributed by atoms with van der Waals surface area (Å²) in [5.74, 6) is -0.207. The van der Waals surface area contributed by atoms with E-state index >= 15 is 0 Å². The van der Waals surface area contributed by atoms with Gasteiger partial charge < -0.3 is 10.1 Å². The van der Waals surface area contributed by atoms with Crippen molar-refractivity contribution >= 4 is 33.0 Å². The molecular formula is C24H27N3O4S2. The zero-order valence-corrected chi connectivity index (χ0v) is 20.0. The Labute approximate surface area is 198 Å². The summed E-state index contributed by atoms with van der Waals surface area (Å²) in [6.07, 6.45) is 0. The highest BCUT2D eigenvalue weighted by atomic mass is 32.2. The van der Waals surface area contributed by atoms with Gasteiger partial charge in [-0.3, -0.25) is 14.4 Å². The second-order valence-electron chi connectivity index (χ2n) is 7.96. The van der Waals surface area contributed by atoms with Crippen LogP contribution >= 0.6 is 11.3 Å². The van der Waals surface area contributed by atoms with E-state index in [2.05, 4.69) is 14.9 Å². The maximum absolute atomic E-state index is 13.0. The standard InChI is InChI=1S/C24H27N3O4S2/c1-18-4-6-19(7-5-18)22(17-27-12-14-31-15-13-27)25-24(28)20-8-10-21(11-9-20)26-33(29,30)23-3-2-16-32-23/h2-11,16,22,26H,12-15,17H2,1H3,(H,25,28). The van der Waals surface area contributed by atoms with E-state index < -0.39 is 10.0 Å². The van der Waals surface area contributed by atoms with Crippen LogP contribution in [0.1, 0.15) is 27.5 Å². The Morgan fingerprint density at radius 3 is 2.39 bits per heavy atom. The van der Waals surface area contributed by atoms with Gasteiger partial charge in [0, 0.05) is 30.9 Å². The molecule has 0 bridgehead atoms. The lowest BCUT2D eigenvalue weighted by Gasteiger charge is -2.31. The van der Waals surface area contributed by atoms with Crippen LogP contribution in [0.5, 0.6) is 0 Å². The molecule has 2 N–H and O–H groups in total. The van der Waals surface area contributed by atoms with E-state index in [4.69, 9.17) is 4.74 Å². The minimum absolute atomic E-state index is 0.173. The number of carbonyl (C=O) groups excluding carboxylic acids is 1. The lowest BCUT2D eigenvalue weighted by molar-refractivity contribution is 0.0332. The number of nitrogens with one attached hydrogen (secondary N) is 2. The fourth-order valence-electron chi connectivity index (χ4n) is 3.63. The molecule has 1 aliphatic rings. The SMILES string of the molecule is Cc1ccc(C(CN2CCOCC2)NC(=O)c2ccc(NS(=O)(=O)c3cccs3)cc2)cc1. The molecule has 0 saturated carbocycles. The highest BCUT2D eigenvalue weighted by Crippen LogP contribution is 2.21. The fourth-order valence-corrected chi connectivity index (χ4v) is 5.68. The summed E-state index contributed by atoms with van der Waals surface area (Å²) in [6, 6.07) is 17.7. The first-order valence-corrected chi connectivity index (χ1v) is 13.1. The molecule has 7 nitrogen and oxygen atoms in total. The second kappa shape index (κ2) is 10.5. The van der Waals surface area contributed by atoms with Crippen molar-refractivity contribution in [2.45, 2.75) is 17.2 Å². The fraction of sp³-hybridized carbons (Fsp3) is 0.292. The zero-order chi connectivity index (χ0) is 23.3. The third-order valence-corrected chi connectivity index (χ3v) is 8.27. The minimum atomic E-state index is -3.63. The average molecular weight is 486 g/mol. The molecule has 1 aromatic heterocycles. The molecule has 1 saturated heterocycles. The number of ether oxygens (including phenoxy) is 1. The predicted molar refractivity (Wildman–Crippen MR) is 130 cm³/mol. The van der Waals surface area contributed by atoms with Gasteiger partial charge in [0.25, 0.3) is 15.9 Å². The molecule has 2 aromatic carbocycles. The van der Waals surface area contributed by atoms with Gasteiger partial charge >= 0.3 is 0 Å². The van der Waals surface area contributed by atoms with Crippen molar-refractivity contribution in [3.63, 3.8) is 0 Å². The summed E-state index contributed by atoms with van der Waals surface area (Å²) >= 11 is 1.15. The lowest BCUT2D eigenvalue weighted by atomic mass is 10.0. The van der Waals surface area contributed by atoms with Gasteiger partial charge in [-0.15, -0.1) is 11.3 Å². The number of hydrogen-bond donors (Lipinski definition) is 2. The molecule has 4 rings (SSSR count). The first-order chi connectivity index (χ1) is 15.9. The lowest BCUT2D eigenvalue weighted by Crippen LogP contribution is -2.43. The van der Waals surface area contributed by atoms with Crippen molar-refractivity contribution in [1.29, 1.82) is 0 Å². The molecule has 1 amide bonds. The number of nitrogens with zero attached hydrogens (tertiary/aromatic N) is 1. The van der Waals surface area contributed by atoms with Gasteiger partial charge in [-0.2, -0.15) is 0 Å². The Hall–Kier alpha value is -2.72. The van der Waals surface area contributed by atoms with E-state index in [0.717, 1.165) is 35.6 Å². The maximum Gasteiger partial charge on any atom is 0.271 e. The van der Waals surface area contributed by atoms with Gasteiger partial charge in [0.2, 0.25) is 0 Å². The molecule has 0 radical (unpaired) electrons. The highest BCUT2D eigenvalue weighted by molar-refractivity contribution is 7.94. The summed E-state index contributed by atoms with van der Waals surface area (Å²) in [4.78, 5) is 15.3. The quantitative estimate of drug-likeness (QED) is 0.508. The van der Waals surface area contributed by atoms with E-state index in [1.54, 1.807) is 41.8 Å². The first kappa shape index (κ1) is 23.4. The summed E-state index contributed by atoms with van der Waals surface area (Å²) in [7, 11) is -3.63. The van der Waals surface area contributed by atoms with Crippen LogP contribution in [-0.4, -0.2) is 52.1 Å². The molecule has 9 heteroatoms. The number of benzene rings is 2. The van der Waals surface area contributed by atoms with Crippen molar-refractivity contribution in [1.82, 2.24) is 10.2 Å². The number of rotatable bonds is 8. The smallest absolute Gasteiger partial charge is 0.271 e.